The van der Waals surface area contributed by atoms with E-state index in [1.807, 2.05) is 12.1 Å². The Morgan fingerprint density at radius 3 is 2.10 bits per heavy atom. The lowest BCUT2D eigenvalue weighted by Gasteiger charge is -2.37. The van der Waals surface area contributed by atoms with E-state index in [0.717, 1.165) is 5.56 Å². The van der Waals surface area contributed by atoms with Gasteiger partial charge in [0.25, 0.3) is 0 Å². The molecule has 0 aliphatic heterocycles. The van der Waals surface area contributed by atoms with E-state index in [2.05, 4.69) is 39.8 Å². The fourth-order valence-electron chi connectivity index (χ4n) is 2.66. The van der Waals surface area contributed by atoms with Gasteiger partial charge in [-0.15, -0.1) is 0 Å². The van der Waals surface area contributed by atoms with Crippen LogP contribution in [0.3, 0.4) is 0 Å². The number of rotatable bonds is 2. The summed E-state index contributed by atoms with van der Waals surface area (Å²) < 4.78 is 5.08. The second-order valence-corrected chi connectivity index (χ2v) is 6.48. The molecule has 2 rings (SSSR count). The number of esters is 1. The summed E-state index contributed by atoms with van der Waals surface area (Å²) in [5, 5.41) is 0. The summed E-state index contributed by atoms with van der Waals surface area (Å²) in [6.45, 7) is 10.7. The molecule has 0 atom stereocenters. The maximum absolute atomic E-state index is 12.0. The number of fused-ring (bicyclic) bond motifs is 1. The van der Waals surface area contributed by atoms with Crippen molar-refractivity contribution in [2.24, 2.45) is 0 Å². The van der Waals surface area contributed by atoms with Crippen LogP contribution in [0, 0.1) is 0 Å². The number of ether oxygens (including phenoxy) is 1. The molecule has 0 bridgehead atoms. The molecular formula is C17H23NO2. The first kappa shape index (κ1) is 14.6. The lowest BCUT2D eigenvalue weighted by atomic mass is 9.67. The Labute approximate surface area is 120 Å². The van der Waals surface area contributed by atoms with E-state index in [4.69, 9.17) is 10.5 Å². The highest BCUT2D eigenvalue weighted by atomic mass is 16.5. The average Bonchev–Trinajstić information content (AvgIpc) is 2.35. The van der Waals surface area contributed by atoms with Gasteiger partial charge >= 0.3 is 5.97 Å². The van der Waals surface area contributed by atoms with Gasteiger partial charge in [0, 0.05) is 16.5 Å². The number of anilines is 1. The summed E-state index contributed by atoms with van der Waals surface area (Å²) in [4.78, 5) is 12.0. The third-order valence-corrected chi connectivity index (χ3v) is 3.99. The Morgan fingerprint density at radius 2 is 1.60 bits per heavy atom. The molecule has 0 amide bonds. The first-order valence-electron chi connectivity index (χ1n) is 7.01. The van der Waals surface area contributed by atoms with E-state index in [1.165, 1.54) is 5.56 Å². The highest BCUT2D eigenvalue weighted by molar-refractivity contribution is 5.95. The van der Waals surface area contributed by atoms with Crippen LogP contribution in [0.5, 0.6) is 0 Å². The fraction of sp³-hybridized carbons (Fsp3) is 0.471. The number of nitrogen functional groups attached to an aromatic ring is 1. The molecule has 0 radical (unpaired) electrons. The minimum absolute atomic E-state index is 0.0772. The zero-order valence-corrected chi connectivity index (χ0v) is 12.9. The van der Waals surface area contributed by atoms with E-state index < -0.39 is 0 Å². The van der Waals surface area contributed by atoms with Crippen LogP contribution in [0.1, 0.15) is 56.1 Å². The van der Waals surface area contributed by atoms with Gasteiger partial charge in [-0.3, -0.25) is 0 Å². The van der Waals surface area contributed by atoms with Crippen molar-refractivity contribution >= 4 is 11.7 Å². The quantitative estimate of drug-likeness (QED) is 0.509. The monoisotopic (exact) mass is 273 g/mol. The molecule has 0 fully saturated rings. The van der Waals surface area contributed by atoms with Gasteiger partial charge in [-0.05, 0) is 30.2 Å². The molecule has 108 valence electrons. The molecular weight excluding hydrogens is 250 g/mol. The van der Waals surface area contributed by atoms with E-state index in [0.29, 0.717) is 17.9 Å². The van der Waals surface area contributed by atoms with Crippen LogP contribution in [-0.2, 0) is 15.6 Å². The van der Waals surface area contributed by atoms with Crippen molar-refractivity contribution in [3.63, 3.8) is 0 Å². The molecule has 3 heteroatoms. The molecule has 0 heterocycles. The van der Waals surface area contributed by atoms with Crippen molar-refractivity contribution in [2.75, 3.05) is 12.3 Å². The van der Waals surface area contributed by atoms with Crippen LogP contribution in [0.15, 0.2) is 24.3 Å². The number of allylic oxidation sites excluding steroid dienone is 2. The second kappa shape index (κ2) is 4.65. The van der Waals surface area contributed by atoms with Gasteiger partial charge in [0.2, 0.25) is 0 Å². The van der Waals surface area contributed by atoms with Crippen molar-refractivity contribution in [3.8, 4) is 0 Å². The smallest absolute Gasteiger partial charge is 0.340 e. The summed E-state index contributed by atoms with van der Waals surface area (Å²) >= 11 is 0. The van der Waals surface area contributed by atoms with Gasteiger partial charge in [0.1, 0.15) is 0 Å². The van der Waals surface area contributed by atoms with Crippen molar-refractivity contribution < 1.29 is 9.53 Å². The van der Waals surface area contributed by atoms with Gasteiger partial charge in [0.15, 0.2) is 0 Å². The minimum Gasteiger partial charge on any atom is -0.462 e. The number of hydrogen-bond acceptors (Lipinski definition) is 3. The topological polar surface area (TPSA) is 52.3 Å². The number of carbonyl (C=O) groups is 1. The number of hydrogen-bond donors (Lipinski definition) is 1. The van der Waals surface area contributed by atoms with Crippen molar-refractivity contribution in [1.29, 1.82) is 0 Å². The van der Waals surface area contributed by atoms with Gasteiger partial charge in [-0.2, -0.15) is 0 Å². The van der Waals surface area contributed by atoms with E-state index >= 15 is 0 Å². The van der Waals surface area contributed by atoms with Crippen LogP contribution >= 0.6 is 0 Å². The van der Waals surface area contributed by atoms with Gasteiger partial charge in [0.05, 0.1) is 12.2 Å². The number of carbonyl (C=O) groups excluding carboxylic acids is 1. The van der Waals surface area contributed by atoms with Crippen LogP contribution in [0.2, 0.25) is 0 Å². The summed E-state index contributed by atoms with van der Waals surface area (Å²) in [5.41, 5.74) is 9.14. The SMILES string of the molecule is CCOC(=O)c1cc2c(cc1N)C(C)(C)C=CC2(C)C. The summed E-state index contributed by atoms with van der Waals surface area (Å²) in [6.07, 6.45) is 4.40. The predicted molar refractivity (Wildman–Crippen MR) is 82.0 cm³/mol. The number of nitrogens with two attached hydrogens (primary N) is 1. The van der Waals surface area contributed by atoms with Crippen LogP contribution < -0.4 is 5.73 Å². The van der Waals surface area contributed by atoms with Crippen LogP contribution in [0.25, 0.3) is 0 Å². The molecule has 1 aromatic carbocycles. The van der Waals surface area contributed by atoms with E-state index in [-0.39, 0.29) is 16.8 Å². The maximum Gasteiger partial charge on any atom is 0.340 e. The second-order valence-electron chi connectivity index (χ2n) is 6.48. The molecule has 0 saturated carbocycles. The molecule has 3 nitrogen and oxygen atoms in total. The lowest BCUT2D eigenvalue weighted by molar-refractivity contribution is 0.0527. The Hall–Kier alpha value is -1.77. The first-order chi connectivity index (χ1) is 9.19. The van der Waals surface area contributed by atoms with Crippen molar-refractivity contribution in [2.45, 2.75) is 45.4 Å². The Kier molecular flexibility index (Phi) is 3.41. The molecule has 2 N–H and O–H groups in total. The Morgan fingerprint density at radius 1 is 1.10 bits per heavy atom. The highest BCUT2D eigenvalue weighted by Crippen LogP contribution is 2.42. The molecule has 1 aromatic rings. The first-order valence-corrected chi connectivity index (χ1v) is 7.01. The average molecular weight is 273 g/mol. The zero-order valence-electron chi connectivity index (χ0n) is 12.9. The molecule has 0 saturated heterocycles. The summed E-state index contributed by atoms with van der Waals surface area (Å²) in [5.74, 6) is -0.351. The molecule has 1 aliphatic carbocycles. The summed E-state index contributed by atoms with van der Waals surface area (Å²) in [7, 11) is 0. The third kappa shape index (κ3) is 2.33. The van der Waals surface area contributed by atoms with Gasteiger partial charge < -0.3 is 10.5 Å². The normalized spacial score (nSPS) is 18.4. The number of benzene rings is 1. The van der Waals surface area contributed by atoms with Crippen LogP contribution in [-0.4, -0.2) is 12.6 Å². The predicted octanol–water partition coefficient (Wildman–Crippen LogP) is 3.57. The lowest BCUT2D eigenvalue weighted by Crippen LogP contribution is -2.30. The van der Waals surface area contributed by atoms with Crippen molar-refractivity contribution in [3.05, 3.63) is 41.0 Å². The zero-order chi connectivity index (χ0) is 15.1. The standard InChI is InChI=1S/C17H23NO2/c1-6-20-15(19)11-9-12-13(10-14(11)18)17(4,5)8-7-16(12,2)3/h7-10H,6,18H2,1-5H3. The fourth-order valence-corrected chi connectivity index (χ4v) is 2.66. The van der Waals surface area contributed by atoms with E-state index in [9.17, 15) is 4.79 Å². The minimum atomic E-state index is -0.351. The molecule has 0 aromatic heterocycles. The molecule has 20 heavy (non-hydrogen) atoms. The van der Waals surface area contributed by atoms with Crippen molar-refractivity contribution in [1.82, 2.24) is 0 Å². The summed E-state index contributed by atoms with van der Waals surface area (Å²) in [6, 6.07) is 3.82. The largest absolute Gasteiger partial charge is 0.462 e. The van der Waals surface area contributed by atoms with Gasteiger partial charge in [-0.1, -0.05) is 39.8 Å². The third-order valence-electron chi connectivity index (χ3n) is 3.99. The maximum atomic E-state index is 12.0. The molecule has 0 unspecified atom stereocenters. The molecule has 1 aliphatic rings. The van der Waals surface area contributed by atoms with E-state index in [1.54, 1.807) is 6.92 Å². The highest BCUT2D eigenvalue weighted by Gasteiger charge is 2.34. The van der Waals surface area contributed by atoms with Gasteiger partial charge in [-0.25, -0.2) is 4.79 Å². The Balaban J connectivity index is 2.63. The van der Waals surface area contributed by atoms with Crippen LogP contribution in [0.4, 0.5) is 5.69 Å². The Bertz CT molecular complexity index is 583. The molecule has 0 spiro atoms.